The van der Waals surface area contributed by atoms with Crippen LogP contribution >= 0.6 is 11.8 Å². The standard InChI is InChI=1S/C25H19N2O3S.Na/c1-16(24(29)30)20-9-5-6-10-21(20)26-25-27-23(28)22(31-25)15-17-11-13-19(14-12-17)18-7-3-2-4-8-18;/h2-4,6-16H,1H3,(H,29,30)(H,26,27,28);/q-1;+1. The molecule has 0 aliphatic carbocycles. The molecule has 7 heteroatoms. The van der Waals surface area contributed by atoms with E-state index in [0.29, 0.717) is 21.3 Å². The summed E-state index contributed by atoms with van der Waals surface area (Å²) < 4.78 is 0. The van der Waals surface area contributed by atoms with Crippen molar-refractivity contribution >= 4 is 40.6 Å². The summed E-state index contributed by atoms with van der Waals surface area (Å²) in [7, 11) is 0. The molecule has 2 N–H and O–H groups in total. The molecule has 0 spiro atoms. The molecule has 0 radical (unpaired) electrons. The van der Waals surface area contributed by atoms with E-state index in [2.05, 4.69) is 28.5 Å². The number of aliphatic carboxylic acids is 1. The van der Waals surface area contributed by atoms with Crippen LogP contribution in [0.3, 0.4) is 0 Å². The molecule has 0 aromatic heterocycles. The quantitative estimate of drug-likeness (QED) is 0.355. The van der Waals surface area contributed by atoms with Crippen LogP contribution < -0.4 is 34.9 Å². The first-order chi connectivity index (χ1) is 15.0. The van der Waals surface area contributed by atoms with Crippen molar-refractivity contribution in [2.45, 2.75) is 12.8 Å². The summed E-state index contributed by atoms with van der Waals surface area (Å²) in [4.78, 5) is 28.8. The van der Waals surface area contributed by atoms with E-state index in [0.717, 1.165) is 16.7 Å². The summed E-state index contributed by atoms with van der Waals surface area (Å²) in [6, 6.07) is 25.9. The molecular weight excluding hydrogens is 431 g/mol. The third-order valence-electron chi connectivity index (χ3n) is 4.90. The number of nitrogens with one attached hydrogen (secondary N) is 1. The third kappa shape index (κ3) is 5.58. The smallest absolute Gasteiger partial charge is 0.482 e. The SMILES string of the molecule is CC(C(=O)O)c1c[c-]ccc1N=C1NC(=O)C(=Cc2ccc(-c3ccccc3)cc2)S1.[Na+]. The predicted molar refractivity (Wildman–Crippen MR) is 124 cm³/mol. The topological polar surface area (TPSA) is 78.8 Å². The van der Waals surface area contributed by atoms with Crippen LogP contribution in [0.4, 0.5) is 5.69 Å². The molecule has 3 aromatic carbocycles. The van der Waals surface area contributed by atoms with E-state index in [1.807, 2.05) is 48.5 Å². The number of thioether (sulfide) groups is 1. The van der Waals surface area contributed by atoms with E-state index < -0.39 is 11.9 Å². The zero-order valence-electron chi connectivity index (χ0n) is 17.7. The first-order valence-electron chi connectivity index (χ1n) is 9.69. The first kappa shape index (κ1) is 24.0. The largest absolute Gasteiger partial charge is 1.00 e. The van der Waals surface area contributed by atoms with Gasteiger partial charge in [0.1, 0.15) is 0 Å². The zero-order chi connectivity index (χ0) is 21.8. The average Bonchev–Trinajstić information content (AvgIpc) is 3.13. The van der Waals surface area contributed by atoms with Crippen LogP contribution in [-0.2, 0) is 9.59 Å². The van der Waals surface area contributed by atoms with E-state index >= 15 is 0 Å². The molecule has 1 heterocycles. The Balaban J connectivity index is 0.00000289. The fourth-order valence-electron chi connectivity index (χ4n) is 3.16. The summed E-state index contributed by atoms with van der Waals surface area (Å²) in [5, 5.41) is 12.5. The molecule has 1 fully saturated rings. The van der Waals surface area contributed by atoms with Crippen molar-refractivity contribution in [2.75, 3.05) is 0 Å². The van der Waals surface area contributed by atoms with Gasteiger partial charge in [0.05, 0.1) is 4.91 Å². The number of nitrogens with zero attached hydrogens (tertiary/aromatic N) is 1. The van der Waals surface area contributed by atoms with E-state index in [4.69, 9.17) is 0 Å². The van der Waals surface area contributed by atoms with Crippen LogP contribution in [0.25, 0.3) is 17.2 Å². The van der Waals surface area contributed by atoms with Gasteiger partial charge in [0.25, 0.3) is 11.9 Å². The third-order valence-corrected chi connectivity index (χ3v) is 5.81. The van der Waals surface area contributed by atoms with E-state index in [1.165, 1.54) is 11.8 Å². The Morgan fingerprint density at radius 3 is 2.47 bits per heavy atom. The van der Waals surface area contributed by atoms with Crippen molar-refractivity contribution in [1.82, 2.24) is 5.32 Å². The summed E-state index contributed by atoms with van der Waals surface area (Å²) in [6.45, 7) is 1.60. The Labute approximate surface area is 213 Å². The van der Waals surface area contributed by atoms with Crippen LogP contribution in [0.2, 0.25) is 0 Å². The number of rotatable bonds is 5. The van der Waals surface area contributed by atoms with Gasteiger partial charge in [-0.25, -0.2) is 0 Å². The number of hydrogen-bond donors (Lipinski definition) is 2. The molecule has 0 saturated carbocycles. The monoisotopic (exact) mass is 450 g/mol. The zero-order valence-corrected chi connectivity index (χ0v) is 20.5. The number of carboxylic acids is 1. The molecule has 5 nitrogen and oxygen atoms in total. The number of benzene rings is 3. The van der Waals surface area contributed by atoms with Crippen LogP contribution in [0.5, 0.6) is 0 Å². The number of carbonyl (C=O) groups excluding carboxylic acids is 1. The van der Waals surface area contributed by atoms with Crippen molar-refractivity contribution in [1.29, 1.82) is 0 Å². The number of hydrogen-bond acceptors (Lipinski definition) is 4. The van der Waals surface area contributed by atoms with Gasteiger partial charge in [0.2, 0.25) is 0 Å². The molecule has 32 heavy (non-hydrogen) atoms. The van der Waals surface area contributed by atoms with Crippen LogP contribution in [0.15, 0.2) is 82.7 Å². The summed E-state index contributed by atoms with van der Waals surface area (Å²) in [5.74, 6) is -1.90. The van der Waals surface area contributed by atoms with Crippen molar-refractivity contribution in [2.24, 2.45) is 4.99 Å². The first-order valence-corrected chi connectivity index (χ1v) is 10.5. The Morgan fingerprint density at radius 2 is 1.78 bits per heavy atom. The number of carboxylic acid groups (broad SMARTS) is 1. The summed E-state index contributed by atoms with van der Waals surface area (Å²) in [5.41, 5.74) is 4.20. The normalized spacial score (nSPS) is 16.5. The number of amides is 1. The van der Waals surface area contributed by atoms with Gasteiger partial charge in [-0.1, -0.05) is 61.5 Å². The molecule has 1 aliphatic rings. The summed E-state index contributed by atoms with van der Waals surface area (Å²) in [6.07, 6.45) is 1.82. The second-order valence-corrected chi connectivity index (χ2v) is 8.05. The van der Waals surface area contributed by atoms with Crippen LogP contribution in [-0.4, -0.2) is 22.2 Å². The summed E-state index contributed by atoms with van der Waals surface area (Å²) >= 11 is 1.23. The number of amidine groups is 1. The molecule has 1 unspecified atom stereocenters. The molecule has 1 aliphatic heterocycles. The van der Waals surface area contributed by atoms with Gasteiger partial charge in [0.15, 0.2) is 5.17 Å². The molecule has 154 valence electrons. The predicted octanol–water partition coefficient (Wildman–Crippen LogP) is 2.24. The minimum absolute atomic E-state index is 0. The van der Waals surface area contributed by atoms with Crippen molar-refractivity contribution in [3.05, 3.63) is 94.9 Å². The maximum absolute atomic E-state index is 12.4. The Kier molecular flexibility index (Phi) is 8.10. The Bertz CT molecular complexity index is 1190. The van der Waals surface area contributed by atoms with Gasteiger partial charge >= 0.3 is 29.6 Å². The van der Waals surface area contributed by atoms with Crippen molar-refractivity contribution < 1.29 is 44.3 Å². The van der Waals surface area contributed by atoms with Gasteiger partial charge in [0, 0.05) is 5.92 Å². The second kappa shape index (κ2) is 10.8. The molecule has 1 amide bonds. The van der Waals surface area contributed by atoms with Gasteiger partial charge in [-0.15, -0.1) is 11.6 Å². The van der Waals surface area contributed by atoms with Crippen LogP contribution in [0.1, 0.15) is 24.0 Å². The molecule has 0 bridgehead atoms. The molecular formula is C25H19N2NaO3S. The van der Waals surface area contributed by atoms with Crippen LogP contribution in [0, 0.1) is 6.07 Å². The van der Waals surface area contributed by atoms with E-state index in [1.54, 1.807) is 25.1 Å². The Hall–Kier alpha value is -2.64. The van der Waals surface area contributed by atoms with Crippen molar-refractivity contribution in [3.8, 4) is 11.1 Å². The molecule has 4 rings (SSSR count). The second-order valence-electron chi connectivity index (χ2n) is 7.01. The van der Waals surface area contributed by atoms with E-state index in [9.17, 15) is 14.7 Å². The van der Waals surface area contributed by atoms with Gasteiger partial charge < -0.3 is 10.4 Å². The van der Waals surface area contributed by atoms with E-state index in [-0.39, 0.29) is 35.5 Å². The van der Waals surface area contributed by atoms with Crippen molar-refractivity contribution in [3.63, 3.8) is 0 Å². The maximum Gasteiger partial charge on any atom is 1.00 e. The average molecular weight is 450 g/mol. The van der Waals surface area contributed by atoms with Gasteiger partial charge in [-0.2, -0.15) is 18.2 Å². The maximum atomic E-state index is 12.4. The van der Waals surface area contributed by atoms with Gasteiger partial charge in [-0.3, -0.25) is 14.6 Å². The minimum atomic E-state index is -0.941. The molecule has 1 saturated heterocycles. The fraction of sp³-hybridized carbons (Fsp3) is 0.0800. The molecule has 1 atom stereocenters. The Morgan fingerprint density at radius 1 is 1.09 bits per heavy atom. The minimum Gasteiger partial charge on any atom is -0.482 e. The van der Waals surface area contributed by atoms with Gasteiger partial charge in [-0.05, 0) is 40.2 Å². The molecule has 3 aromatic rings. The number of carbonyl (C=O) groups is 2. The number of aliphatic imine (C=N–C) groups is 1. The fourth-order valence-corrected chi connectivity index (χ4v) is 4.00.